The van der Waals surface area contributed by atoms with Gasteiger partial charge in [0.1, 0.15) is 6.04 Å². The van der Waals surface area contributed by atoms with Crippen LogP contribution >= 0.6 is 0 Å². The molecule has 1 unspecified atom stereocenters. The number of carbonyl (C=O) groups excluding carboxylic acids is 1. The first-order chi connectivity index (χ1) is 10.6. The topological polar surface area (TPSA) is 55.3 Å². The summed E-state index contributed by atoms with van der Waals surface area (Å²) in [7, 11) is 0. The van der Waals surface area contributed by atoms with E-state index >= 15 is 0 Å². The number of ether oxygens (including phenoxy) is 1. The van der Waals surface area contributed by atoms with Gasteiger partial charge in [-0.05, 0) is 30.2 Å². The summed E-state index contributed by atoms with van der Waals surface area (Å²) in [5.74, 6) is 0.563. The maximum atomic E-state index is 12.2. The van der Waals surface area contributed by atoms with Crippen LogP contribution in [0.2, 0.25) is 0 Å². The van der Waals surface area contributed by atoms with Gasteiger partial charge in [0.15, 0.2) is 0 Å². The molecule has 1 aliphatic heterocycles. The molecule has 1 fully saturated rings. The van der Waals surface area contributed by atoms with Gasteiger partial charge in [-0.1, -0.05) is 13.8 Å². The van der Waals surface area contributed by atoms with Crippen molar-refractivity contribution in [2.45, 2.75) is 26.4 Å². The van der Waals surface area contributed by atoms with E-state index in [0.717, 1.165) is 24.2 Å². The number of nitrogens with one attached hydrogen (secondary N) is 2. The van der Waals surface area contributed by atoms with Gasteiger partial charge in [0.25, 0.3) is 0 Å². The van der Waals surface area contributed by atoms with Gasteiger partial charge in [-0.15, -0.1) is 0 Å². The lowest BCUT2D eigenvalue weighted by Gasteiger charge is -2.22. The Kier molecular flexibility index (Phi) is 4.45. The van der Waals surface area contributed by atoms with Gasteiger partial charge < -0.3 is 19.9 Å². The Hall–Kier alpha value is -1.85. The SMILES string of the molecule is CC(C)Cn1ccc2cc(NC(=O)C3COCCN3)ccc21. The van der Waals surface area contributed by atoms with Gasteiger partial charge in [0.2, 0.25) is 5.91 Å². The molecular weight excluding hydrogens is 278 g/mol. The molecule has 0 bridgehead atoms. The van der Waals surface area contributed by atoms with Gasteiger partial charge in [-0.2, -0.15) is 0 Å². The van der Waals surface area contributed by atoms with E-state index in [0.29, 0.717) is 19.1 Å². The van der Waals surface area contributed by atoms with Crippen LogP contribution in [0.15, 0.2) is 30.5 Å². The molecule has 1 aromatic carbocycles. The zero-order chi connectivity index (χ0) is 15.5. The summed E-state index contributed by atoms with van der Waals surface area (Å²) in [6.07, 6.45) is 2.10. The molecule has 2 aromatic rings. The quantitative estimate of drug-likeness (QED) is 0.910. The van der Waals surface area contributed by atoms with E-state index < -0.39 is 0 Å². The molecule has 1 amide bonds. The van der Waals surface area contributed by atoms with Crippen LogP contribution in [-0.2, 0) is 16.1 Å². The van der Waals surface area contributed by atoms with Crippen molar-refractivity contribution in [3.63, 3.8) is 0 Å². The second-order valence-electron chi connectivity index (χ2n) is 6.21. The van der Waals surface area contributed by atoms with Crippen molar-refractivity contribution in [2.24, 2.45) is 5.92 Å². The summed E-state index contributed by atoms with van der Waals surface area (Å²) in [5.41, 5.74) is 2.03. The van der Waals surface area contributed by atoms with Crippen LogP contribution in [0.25, 0.3) is 10.9 Å². The van der Waals surface area contributed by atoms with Gasteiger partial charge in [0.05, 0.1) is 13.2 Å². The monoisotopic (exact) mass is 301 g/mol. The molecule has 0 saturated carbocycles. The zero-order valence-electron chi connectivity index (χ0n) is 13.1. The molecule has 2 heterocycles. The molecule has 0 aliphatic carbocycles. The molecular formula is C17H23N3O2. The Morgan fingerprint density at radius 2 is 2.32 bits per heavy atom. The Morgan fingerprint density at radius 1 is 1.45 bits per heavy atom. The maximum Gasteiger partial charge on any atom is 0.243 e. The number of rotatable bonds is 4. The average Bonchev–Trinajstić information content (AvgIpc) is 2.90. The average molecular weight is 301 g/mol. The summed E-state index contributed by atoms with van der Waals surface area (Å²) in [5, 5.41) is 7.27. The largest absolute Gasteiger partial charge is 0.378 e. The molecule has 1 atom stereocenters. The second-order valence-corrected chi connectivity index (χ2v) is 6.21. The lowest BCUT2D eigenvalue weighted by Crippen LogP contribution is -2.48. The standard InChI is InChI=1S/C17H23N3O2/c1-12(2)10-20-7-5-13-9-14(3-4-16(13)20)19-17(21)15-11-22-8-6-18-15/h3-5,7,9,12,15,18H,6,8,10-11H2,1-2H3,(H,19,21). The highest BCUT2D eigenvalue weighted by Crippen LogP contribution is 2.21. The number of carbonyl (C=O) groups is 1. The van der Waals surface area contributed by atoms with Gasteiger partial charge >= 0.3 is 0 Å². The van der Waals surface area contributed by atoms with E-state index in [1.54, 1.807) is 0 Å². The van der Waals surface area contributed by atoms with Gasteiger partial charge in [-0.3, -0.25) is 4.79 Å². The minimum absolute atomic E-state index is 0.0411. The van der Waals surface area contributed by atoms with Crippen molar-refractivity contribution in [3.8, 4) is 0 Å². The fourth-order valence-corrected chi connectivity index (χ4v) is 2.79. The van der Waals surface area contributed by atoms with E-state index in [4.69, 9.17) is 4.74 Å². The minimum Gasteiger partial charge on any atom is -0.378 e. The highest BCUT2D eigenvalue weighted by atomic mass is 16.5. The first-order valence-corrected chi connectivity index (χ1v) is 7.84. The van der Waals surface area contributed by atoms with E-state index in [2.05, 4.69) is 47.4 Å². The molecule has 22 heavy (non-hydrogen) atoms. The molecule has 5 nitrogen and oxygen atoms in total. The smallest absolute Gasteiger partial charge is 0.243 e. The van der Waals surface area contributed by atoms with Crippen molar-refractivity contribution in [1.29, 1.82) is 0 Å². The number of hydrogen-bond acceptors (Lipinski definition) is 3. The normalized spacial score (nSPS) is 18.8. The molecule has 0 spiro atoms. The first kappa shape index (κ1) is 15.1. The molecule has 118 valence electrons. The summed E-state index contributed by atoms with van der Waals surface area (Å²) in [6.45, 7) is 7.23. The zero-order valence-corrected chi connectivity index (χ0v) is 13.1. The molecule has 3 rings (SSSR count). The highest BCUT2D eigenvalue weighted by molar-refractivity contribution is 5.97. The van der Waals surface area contributed by atoms with Crippen molar-refractivity contribution in [2.75, 3.05) is 25.1 Å². The molecule has 0 radical (unpaired) electrons. The lowest BCUT2D eigenvalue weighted by atomic mass is 10.2. The van der Waals surface area contributed by atoms with Crippen LogP contribution in [0.4, 0.5) is 5.69 Å². The predicted octanol–water partition coefficient (Wildman–Crippen LogP) is 2.22. The van der Waals surface area contributed by atoms with Crippen molar-refractivity contribution in [1.82, 2.24) is 9.88 Å². The summed E-state index contributed by atoms with van der Waals surface area (Å²) < 4.78 is 7.58. The van der Waals surface area contributed by atoms with Crippen LogP contribution in [0.1, 0.15) is 13.8 Å². The van der Waals surface area contributed by atoms with Crippen LogP contribution < -0.4 is 10.6 Å². The van der Waals surface area contributed by atoms with Crippen LogP contribution in [0, 0.1) is 5.92 Å². The fraction of sp³-hybridized carbons (Fsp3) is 0.471. The number of morpholine rings is 1. The molecule has 2 N–H and O–H groups in total. The van der Waals surface area contributed by atoms with Crippen molar-refractivity contribution >= 4 is 22.5 Å². The number of hydrogen-bond donors (Lipinski definition) is 2. The second kappa shape index (κ2) is 6.50. The van der Waals surface area contributed by atoms with Gasteiger partial charge in [-0.25, -0.2) is 0 Å². The summed E-state index contributed by atoms with van der Waals surface area (Å²) in [6, 6.07) is 7.87. The summed E-state index contributed by atoms with van der Waals surface area (Å²) in [4.78, 5) is 12.2. The van der Waals surface area contributed by atoms with E-state index in [1.807, 2.05) is 12.1 Å². The Balaban J connectivity index is 1.73. The number of amides is 1. The number of benzene rings is 1. The van der Waals surface area contributed by atoms with Gasteiger partial charge in [0, 0.05) is 35.9 Å². The van der Waals surface area contributed by atoms with E-state index in [1.165, 1.54) is 5.52 Å². The fourth-order valence-electron chi connectivity index (χ4n) is 2.79. The number of aromatic nitrogens is 1. The maximum absolute atomic E-state index is 12.2. The third-order valence-corrected chi connectivity index (χ3v) is 3.84. The molecule has 1 aromatic heterocycles. The first-order valence-electron chi connectivity index (χ1n) is 7.84. The molecule has 1 aliphatic rings. The predicted molar refractivity (Wildman–Crippen MR) is 88.0 cm³/mol. The van der Waals surface area contributed by atoms with Crippen LogP contribution in [-0.4, -0.2) is 36.3 Å². The van der Waals surface area contributed by atoms with Crippen LogP contribution in [0.5, 0.6) is 0 Å². The number of nitrogens with zero attached hydrogens (tertiary/aromatic N) is 1. The van der Waals surface area contributed by atoms with Crippen molar-refractivity contribution in [3.05, 3.63) is 30.5 Å². The Labute approximate surface area is 130 Å². The number of fused-ring (bicyclic) bond motifs is 1. The summed E-state index contributed by atoms with van der Waals surface area (Å²) >= 11 is 0. The molecule has 1 saturated heterocycles. The van der Waals surface area contributed by atoms with Crippen molar-refractivity contribution < 1.29 is 9.53 Å². The van der Waals surface area contributed by atoms with E-state index in [9.17, 15) is 4.79 Å². The minimum atomic E-state index is -0.269. The number of anilines is 1. The lowest BCUT2D eigenvalue weighted by molar-refractivity contribution is -0.120. The third kappa shape index (κ3) is 3.31. The van der Waals surface area contributed by atoms with E-state index in [-0.39, 0.29) is 11.9 Å². The third-order valence-electron chi connectivity index (χ3n) is 3.84. The highest BCUT2D eigenvalue weighted by Gasteiger charge is 2.21. The Bertz CT molecular complexity index is 657. The molecule has 5 heteroatoms. The Morgan fingerprint density at radius 3 is 3.05 bits per heavy atom. The van der Waals surface area contributed by atoms with Crippen LogP contribution in [0.3, 0.4) is 0 Å².